The number of halogens is 3. The van der Waals surface area contributed by atoms with E-state index in [1.165, 1.54) is 12.1 Å². The lowest BCUT2D eigenvalue weighted by molar-refractivity contribution is -0.137. The molecule has 3 fully saturated rings. The van der Waals surface area contributed by atoms with Crippen LogP contribution in [0, 0.1) is 17.8 Å². The van der Waals surface area contributed by atoms with Crippen molar-refractivity contribution in [2.24, 2.45) is 17.8 Å². The van der Waals surface area contributed by atoms with Gasteiger partial charge in [-0.2, -0.15) is 13.2 Å². The molecule has 2 aromatic rings. The van der Waals surface area contributed by atoms with Crippen LogP contribution in [0.25, 0.3) is 0 Å². The molecule has 2 bridgehead atoms. The number of pyridine rings is 1. The molecule has 2 heterocycles. The summed E-state index contributed by atoms with van der Waals surface area (Å²) >= 11 is 0. The fourth-order valence-electron chi connectivity index (χ4n) is 6.56. The number of likely N-dealkylation sites (tertiary alicyclic amines) is 1. The smallest absolute Gasteiger partial charge is 0.385 e. The van der Waals surface area contributed by atoms with Gasteiger partial charge >= 0.3 is 6.18 Å². The van der Waals surface area contributed by atoms with Crippen molar-refractivity contribution in [1.29, 1.82) is 0 Å². The van der Waals surface area contributed by atoms with E-state index in [0.29, 0.717) is 18.4 Å². The van der Waals surface area contributed by atoms with Crippen LogP contribution < -0.4 is 5.32 Å². The number of carbonyl (C=O) groups excluding carboxylic acids is 2. The molecule has 1 aliphatic heterocycles. The number of amides is 1. The van der Waals surface area contributed by atoms with E-state index in [4.69, 9.17) is 0 Å². The van der Waals surface area contributed by atoms with Gasteiger partial charge in [-0.3, -0.25) is 19.5 Å². The average Bonchev–Trinajstić information content (AvgIpc) is 3.57. The summed E-state index contributed by atoms with van der Waals surface area (Å²) < 4.78 is 38.6. The number of hydrogen-bond acceptors (Lipinski definition) is 5. The van der Waals surface area contributed by atoms with Crippen LogP contribution in [0.2, 0.25) is 0 Å². The van der Waals surface area contributed by atoms with E-state index in [0.717, 1.165) is 56.5 Å². The van der Waals surface area contributed by atoms with Gasteiger partial charge in [0, 0.05) is 37.0 Å². The molecule has 0 radical (unpaired) electrons. The molecule has 5 unspecified atom stereocenters. The number of carbonyl (C=O) groups is 2. The minimum Gasteiger partial charge on any atom is -0.385 e. The highest BCUT2D eigenvalue weighted by Crippen LogP contribution is 2.57. The van der Waals surface area contributed by atoms with Crippen LogP contribution in [-0.4, -0.2) is 52.4 Å². The molecular weight excluding hydrogens is 471 g/mol. The first-order chi connectivity index (χ1) is 17.1. The molecule has 36 heavy (non-hydrogen) atoms. The second-order valence-corrected chi connectivity index (χ2v) is 10.5. The highest BCUT2D eigenvalue weighted by Gasteiger charge is 2.56. The van der Waals surface area contributed by atoms with Gasteiger partial charge in [-0.05, 0) is 85.9 Å². The zero-order chi connectivity index (χ0) is 25.5. The molecule has 1 saturated heterocycles. The van der Waals surface area contributed by atoms with Crippen molar-refractivity contribution < 1.29 is 27.9 Å². The fraction of sp³-hybridized carbons (Fsp3) is 0.519. The number of nitrogens with zero attached hydrogens (tertiary/aromatic N) is 2. The molecule has 2 aliphatic carbocycles. The van der Waals surface area contributed by atoms with Crippen molar-refractivity contribution in [3.05, 3.63) is 65.5 Å². The summed E-state index contributed by atoms with van der Waals surface area (Å²) in [5.74, 6) is 0.0329. The Labute approximate surface area is 207 Å². The van der Waals surface area contributed by atoms with E-state index in [1.807, 2.05) is 12.1 Å². The molecule has 192 valence electrons. The molecule has 1 aromatic heterocycles. The second-order valence-electron chi connectivity index (χ2n) is 10.5. The van der Waals surface area contributed by atoms with Crippen LogP contribution in [0.1, 0.15) is 53.6 Å². The SMILES string of the molecule is O=C(CNC(=O)c1cccc(C(F)(F)F)c1)CC1CCN(C2CC3CC2CC3(O)c2ccncc2)C1. The third-order valence-electron chi connectivity index (χ3n) is 8.29. The van der Waals surface area contributed by atoms with Crippen molar-refractivity contribution in [1.82, 2.24) is 15.2 Å². The monoisotopic (exact) mass is 501 g/mol. The molecule has 2 saturated carbocycles. The number of rotatable bonds is 7. The maximum atomic E-state index is 12.9. The lowest BCUT2D eigenvalue weighted by Crippen LogP contribution is -2.43. The molecule has 2 N–H and O–H groups in total. The number of Topliss-reactive ketones (excluding diaryl/α,β-unsaturated/α-hetero) is 1. The largest absolute Gasteiger partial charge is 0.416 e. The predicted molar refractivity (Wildman–Crippen MR) is 126 cm³/mol. The summed E-state index contributed by atoms with van der Waals surface area (Å²) in [4.78, 5) is 31.3. The van der Waals surface area contributed by atoms with Crippen LogP contribution in [0.15, 0.2) is 48.8 Å². The zero-order valence-electron chi connectivity index (χ0n) is 19.9. The Hall–Kier alpha value is -2.78. The Kier molecular flexibility index (Phi) is 6.63. The Morgan fingerprint density at radius 2 is 1.94 bits per heavy atom. The van der Waals surface area contributed by atoms with E-state index in [-0.39, 0.29) is 29.7 Å². The summed E-state index contributed by atoms with van der Waals surface area (Å²) in [7, 11) is 0. The van der Waals surface area contributed by atoms with Crippen LogP contribution in [0.3, 0.4) is 0 Å². The quantitative estimate of drug-likeness (QED) is 0.603. The third-order valence-corrected chi connectivity index (χ3v) is 8.29. The number of aromatic nitrogens is 1. The Morgan fingerprint density at radius 1 is 1.17 bits per heavy atom. The van der Waals surface area contributed by atoms with Gasteiger partial charge in [0.05, 0.1) is 17.7 Å². The van der Waals surface area contributed by atoms with Crippen LogP contribution in [-0.2, 0) is 16.6 Å². The summed E-state index contributed by atoms with van der Waals surface area (Å²) in [6, 6.07) is 8.40. The molecule has 3 aliphatic rings. The van der Waals surface area contributed by atoms with Crippen LogP contribution in [0.5, 0.6) is 0 Å². The number of alkyl halides is 3. The number of fused-ring (bicyclic) bond motifs is 2. The van der Waals surface area contributed by atoms with E-state index in [9.17, 15) is 27.9 Å². The highest BCUT2D eigenvalue weighted by molar-refractivity contribution is 5.96. The van der Waals surface area contributed by atoms with E-state index < -0.39 is 23.2 Å². The molecule has 1 aromatic carbocycles. The molecular formula is C27H30F3N3O3. The van der Waals surface area contributed by atoms with Crippen molar-refractivity contribution in [3.63, 3.8) is 0 Å². The normalized spacial score (nSPS) is 30.0. The number of benzene rings is 1. The number of nitrogens with one attached hydrogen (secondary N) is 1. The van der Waals surface area contributed by atoms with Crippen molar-refractivity contribution in [2.45, 2.75) is 49.9 Å². The van der Waals surface area contributed by atoms with Gasteiger partial charge < -0.3 is 10.4 Å². The standard InChI is InChI=1S/C27H30F3N3O3/c28-27(29,30)21-3-1-2-18(11-21)25(35)32-15-23(34)10-17-6-9-33(16-17)24-13-22-12-19(24)14-26(22,36)20-4-7-31-8-5-20/h1-5,7-8,11,17,19,22,24,36H,6,9-10,12-16H2,(H,32,35). The van der Waals surface area contributed by atoms with Crippen LogP contribution >= 0.6 is 0 Å². The Morgan fingerprint density at radius 3 is 2.64 bits per heavy atom. The number of hydrogen-bond donors (Lipinski definition) is 2. The van der Waals surface area contributed by atoms with Crippen molar-refractivity contribution >= 4 is 11.7 Å². The van der Waals surface area contributed by atoms with Gasteiger partial charge in [0.2, 0.25) is 0 Å². The molecule has 5 rings (SSSR count). The van der Waals surface area contributed by atoms with Crippen LogP contribution in [0.4, 0.5) is 13.2 Å². The van der Waals surface area contributed by atoms with E-state index in [1.54, 1.807) is 12.4 Å². The van der Waals surface area contributed by atoms with Gasteiger partial charge in [0.25, 0.3) is 5.91 Å². The lowest BCUT2D eigenvalue weighted by atomic mass is 9.77. The fourth-order valence-corrected chi connectivity index (χ4v) is 6.56. The third kappa shape index (κ3) is 4.91. The summed E-state index contributed by atoms with van der Waals surface area (Å²) in [5, 5.41) is 13.8. The zero-order valence-corrected chi connectivity index (χ0v) is 19.9. The first-order valence-corrected chi connectivity index (χ1v) is 12.5. The van der Waals surface area contributed by atoms with Gasteiger partial charge in [-0.15, -0.1) is 0 Å². The Bertz CT molecular complexity index is 1130. The van der Waals surface area contributed by atoms with Gasteiger partial charge in [-0.25, -0.2) is 0 Å². The number of ketones is 1. The molecule has 5 atom stereocenters. The maximum Gasteiger partial charge on any atom is 0.416 e. The lowest BCUT2D eigenvalue weighted by Gasteiger charge is -2.39. The van der Waals surface area contributed by atoms with Crippen molar-refractivity contribution in [2.75, 3.05) is 19.6 Å². The Balaban J connectivity index is 1.09. The average molecular weight is 502 g/mol. The minimum absolute atomic E-state index is 0.118. The molecule has 1 amide bonds. The van der Waals surface area contributed by atoms with Gasteiger partial charge in [-0.1, -0.05) is 6.07 Å². The maximum absolute atomic E-state index is 12.9. The second kappa shape index (κ2) is 9.59. The van der Waals surface area contributed by atoms with Gasteiger partial charge in [0.15, 0.2) is 5.78 Å². The van der Waals surface area contributed by atoms with E-state index in [2.05, 4.69) is 15.2 Å². The summed E-state index contributed by atoms with van der Waals surface area (Å²) in [6.45, 7) is 1.53. The highest BCUT2D eigenvalue weighted by atomic mass is 19.4. The van der Waals surface area contributed by atoms with Gasteiger partial charge in [0.1, 0.15) is 0 Å². The number of aliphatic hydroxyl groups is 1. The molecule has 0 spiro atoms. The summed E-state index contributed by atoms with van der Waals surface area (Å²) in [6.07, 6.45) is 2.84. The molecule has 6 nitrogen and oxygen atoms in total. The summed E-state index contributed by atoms with van der Waals surface area (Å²) in [5.41, 5.74) is -0.850. The first kappa shape index (κ1) is 24.9. The molecule has 9 heteroatoms. The topological polar surface area (TPSA) is 82.5 Å². The van der Waals surface area contributed by atoms with E-state index >= 15 is 0 Å². The van der Waals surface area contributed by atoms with Crippen molar-refractivity contribution in [3.8, 4) is 0 Å². The first-order valence-electron chi connectivity index (χ1n) is 12.5. The minimum atomic E-state index is -4.53. The predicted octanol–water partition coefficient (Wildman–Crippen LogP) is 3.80.